The van der Waals surface area contributed by atoms with E-state index in [1.54, 1.807) is 20.8 Å². The van der Waals surface area contributed by atoms with E-state index in [9.17, 15) is 65.9 Å². The molecule has 5 fully saturated rings. The van der Waals surface area contributed by atoms with Crippen molar-refractivity contribution in [2.75, 3.05) is 68.5 Å². The van der Waals surface area contributed by atoms with Gasteiger partial charge in [0.05, 0.1) is 30.2 Å². The van der Waals surface area contributed by atoms with Crippen molar-refractivity contribution in [3.8, 4) is 0 Å². The molecule has 1 aromatic carbocycles. The monoisotopic (exact) mass is 1290 g/mol. The maximum atomic E-state index is 15.0. The smallest absolute Gasteiger partial charge is 0.351 e. The molecule has 5 aliphatic rings. The first kappa shape index (κ1) is 72.5. The van der Waals surface area contributed by atoms with Gasteiger partial charge in [0, 0.05) is 61.3 Å². The van der Waals surface area contributed by atoms with E-state index in [0.29, 0.717) is 24.8 Å². The minimum Gasteiger partial charge on any atom is -0.351 e. The van der Waals surface area contributed by atoms with Crippen molar-refractivity contribution in [3.05, 3.63) is 34.3 Å². The molecule has 2 saturated heterocycles. The van der Waals surface area contributed by atoms with Gasteiger partial charge in [-0.2, -0.15) is 13.2 Å². The first-order valence-corrected chi connectivity index (χ1v) is 32.5. The normalized spacial score (nSPS) is 26.8. The Hall–Kier alpha value is -6.53. The number of hydrogen-bond donors (Lipinski definition) is 4. The van der Waals surface area contributed by atoms with Gasteiger partial charge >= 0.3 is 6.18 Å². The lowest BCUT2D eigenvalue weighted by molar-refractivity contribution is -0.149. The average Bonchev–Trinajstić information content (AvgIpc) is 1.61. The van der Waals surface area contributed by atoms with Crippen molar-refractivity contribution >= 4 is 76.6 Å². The lowest BCUT2D eigenvalue weighted by Gasteiger charge is -2.39. The summed E-state index contributed by atoms with van der Waals surface area (Å²) in [6, 6.07) is -4.46. The summed E-state index contributed by atoms with van der Waals surface area (Å²) < 4.78 is 41.3. The fraction of sp³-hybridized carbons (Fsp3) is 0.734. The third-order valence-corrected chi connectivity index (χ3v) is 19.1. The molecule has 7 atom stereocenters. The summed E-state index contributed by atoms with van der Waals surface area (Å²) in [6.07, 6.45) is 3.64. The number of benzene rings is 1. The molecule has 1 unspecified atom stereocenters. The Morgan fingerprint density at radius 1 is 0.611 bits per heavy atom. The van der Waals surface area contributed by atoms with Crippen molar-refractivity contribution in [3.63, 3.8) is 0 Å². The zero-order chi connectivity index (χ0) is 66.7. The number of likely N-dealkylation sites (N-methyl/N-ethyl adjacent to an activating group) is 6. The number of nitrogens with zero attached hydrogens (tertiary/aromatic N) is 7. The largest absolute Gasteiger partial charge is 0.417 e. The van der Waals surface area contributed by atoms with Crippen LogP contribution in [0.5, 0.6) is 0 Å². The minimum atomic E-state index is -4.74. The highest BCUT2D eigenvalue weighted by molar-refractivity contribution is 6.31. The number of carbonyl (C=O) groups excluding carboxylic acids is 11. The Bertz CT molecular complexity index is 2790. The van der Waals surface area contributed by atoms with Crippen molar-refractivity contribution < 1.29 is 65.9 Å². The summed E-state index contributed by atoms with van der Waals surface area (Å²) in [5.41, 5.74) is -2.24. The zero-order valence-corrected chi connectivity index (χ0v) is 55.2. The first-order valence-electron chi connectivity index (χ1n) is 32.1. The van der Waals surface area contributed by atoms with Crippen molar-refractivity contribution in [2.45, 2.75) is 211 Å². The molecule has 2 aliphatic heterocycles. The fourth-order valence-electron chi connectivity index (χ4n) is 13.3. The third-order valence-electron chi connectivity index (χ3n) is 18.7. The molecule has 0 radical (unpaired) electrons. The minimum absolute atomic E-state index is 0.0386. The van der Waals surface area contributed by atoms with Gasteiger partial charge in [-0.25, -0.2) is 0 Å². The zero-order valence-electron chi connectivity index (χ0n) is 54.5. The van der Waals surface area contributed by atoms with Crippen molar-refractivity contribution in [1.29, 1.82) is 0 Å². The van der Waals surface area contributed by atoms with Crippen LogP contribution >= 0.6 is 11.6 Å². The molecule has 3 aliphatic carbocycles. The Balaban J connectivity index is 1.35. The molecule has 0 bridgehead atoms. The molecule has 2 heterocycles. The third kappa shape index (κ3) is 19.0. The number of fused-ring (bicyclic) bond motifs is 1. The maximum Gasteiger partial charge on any atom is 0.417 e. The van der Waals surface area contributed by atoms with Crippen LogP contribution in [0.15, 0.2) is 18.2 Å². The Labute approximate surface area is 533 Å². The molecule has 11 amide bonds. The number of halogens is 4. The van der Waals surface area contributed by atoms with E-state index >= 15 is 0 Å². The molecule has 22 nitrogen and oxygen atoms in total. The number of carbonyl (C=O) groups is 11. The molecule has 1 spiro atoms. The van der Waals surface area contributed by atoms with Crippen LogP contribution in [0.1, 0.15) is 161 Å². The number of hydrogen-bond acceptors (Lipinski definition) is 11. The topological polar surface area (TPSA) is 259 Å². The molecule has 502 valence electrons. The van der Waals surface area contributed by atoms with E-state index in [1.807, 2.05) is 13.8 Å². The highest BCUT2D eigenvalue weighted by Gasteiger charge is 2.50. The van der Waals surface area contributed by atoms with Crippen LogP contribution in [0.25, 0.3) is 0 Å². The van der Waals surface area contributed by atoms with Gasteiger partial charge in [0.2, 0.25) is 65.0 Å². The van der Waals surface area contributed by atoms with E-state index in [2.05, 4.69) is 21.3 Å². The highest BCUT2D eigenvalue weighted by Crippen LogP contribution is 2.37. The standard InChI is InChI=1S/C64H97ClF3N11O11/c1-38(2)30-49-56(84)71-47(33-43-21-22-43)59(87)75(8)36-53(82)73(6)37-54(83)77(10)50(34-41-18-13-12-14-19-41)61(89)74(7)35-51(80)70-46(26-24-42-23-25-44(45(65)32-42)64(66,67)68)60(88)79-29-17-20-48(79)57(85)72-63(27-15-16-28-63)62(90)78(11)55(39(3)4)58(86)69-40(5)31-52(81)76(49)9/h23,25,32,38-41,43,46-50,55H,12-22,24,26-31,33-37H2,1-11H3,(H,69,86)(H,70,80)(H,71,84)(H,72,85)/t40-,46+,47+,48?,49+,50+,55+/m1/s1. The first-order chi connectivity index (χ1) is 42.2. The molecule has 26 heteroatoms. The summed E-state index contributed by atoms with van der Waals surface area (Å²) in [6.45, 7) is 7.42. The molecular formula is C64H97ClF3N11O11. The predicted octanol–water partition coefficient (Wildman–Crippen LogP) is 4.92. The van der Waals surface area contributed by atoms with Crippen LogP contribution in [0.3, 0.4) is 0 Å². The van der Waals surface area contributed by atoms with Gasteiger partial charge < -0.3 is 55.6 Å². The quantitative estimate of drug-likeness (QED) is 0.245. The van der Waals surface area contributed by atoms with Crippen LogP contribution in [0.4, 0.5) is 13.2 Å². The van der Waals surface area contributed by atoms with E-state index in [0.717, 1.165) is 66.9 Å². The molecule has 4 N–H and O–H groups in total. The van der Waals surface area contributed by atoms with Gasteiger partial charge in [0.1, 0.15) is 41.8 Å². The second-order valence-corrected chi connectivity index (χ2v) is 27.4. The summed E-state index contributed by atoms with van der Waals surface area (Å²) in [5.74, 6) is -7.08. The second-order valence-electron chi connectivity index (χ2n) is 26.9. The summed E-state index contributed by atoms with van der Waals surface area (Å²) in [4.78, 5) is 168. The SMILES string of the molecule is CC(C)C[C@H]1C(=O)N[C@@H](CC2CC2)C(=O)N(C)CC(=O)N(C)CC(=O)N(C)[C@@H](CC2CCCCC2)C(=O)N(C)CC(=O)N[C@@H](CCc2ccc(C(F)(F)F)c(Cl)c2)C(=O)N2CCCC2C(=O)NC2(CCCC2)C(=O)N(C)[C@@H](C(C)C)C(=O)N[C@H](C)CC(=O)N1C. The molecule has 3 saturated carbocycles. The summed E-state index contributed by atoms with van der Waals surface area (Å²) in [7, 11) is 8.60. The number of amides is 11. The summed E-state index contributed by atoms with van der Waals surface area (Å²) in [5, 5.41) is 11.0. The van der Waals surface area contributed by atoms with Gasteiger partial charge in [0.25, 0.3) is 0 Å². The predicted molar refractivity (Wildman–Crippen MR) is 330 cm³/mol. The molecular weight excluding hydrogens is 1190 g/mol. The molecule has 1 aromatic rings. The fourth-order valence-corrected chi connectivity index (χ4v) is 13.6. The van der Waals surface area contributed by atoms with Crippen LogP contribution in [0.2, 0.25) is 5.02 Å². The summed E-state index contributed by atoms with van der Waals surface area (Å²) >= 11 is 6.11. The van der Waals surface area contributed by atoms with Crippen molar-refractivity contribution in [2.24, 2.45) is 23.7 Å². The van der Waals surface area contributed by atoms with Gasteiger partial charge in [0.15, 0.2) is 0 Å². The molecule has 90 heavy (non-hydrogen) atoms. The maximum absolute atomic E-state index is 15.0. The van der Waals surface area contributed by atoms with E-state index in [-0.39, 0.29) is 82.1 Å². The van der Waals surface area contributed by atoms with E-state index < -0.39 is 155 Å². The number of aryl methyl sites for hydroxylation is 1. The van der Waals surface area contributed by atoms with Crippen LogP contribution in [-0.4, -0.2) is 216 Å². The van der Waals surface area contributed by atoms with Crippen LogP contribution < -0.4 is 21.3 Å². The van der Waals surface area contributed by atoms with Gasteiger partial charge in [-0.1, -0.05) is 103 Å². The van der Waals surface area contributed by atoms with E-state index in [1.165, 1.54) is 72.9 Å². The second kappa shape index (κ2) is 31.7. The lowest BCUT2D eigenvalue weighted by Crippen LogP contribution is -2.64. The Morgan fingerprint density at radius 3 is 1.82 bits per heavy atom. The highest BCUT2D eigenvalue weighted by atomic mass is 35.5. The molecule has 0 aromatic heterocycles. The average molecular weight is 1290 g/mol. The lowest BCUT2D eigenvalue weighted by atomic mass is 9.84. The van der Waals surface area contributed by atoms with Crippen LogP contribution in [-0.2, 0) is 65.3 Å². The Kier molecular flexibility index (Phi) is 25.5. The van der Waals surface area contributed by atoms with E-state index in [4.69, 9.17) is 11.6 Å². The number of rotatable bonds is 10. The van der Waals surface area contributed by atoms with Gasteiger partial charge in [-0.3, -0.25) is 52.7 Å². The van der Waals surface area contributed by atoms with Crippen LogP contribution in [0, 0.1) is 23.7 Å². The number of nitrogens with one attached hydrogen (secondary N) is 4. The Morgan fingerprint density at radius 2 is 1.22 bits per heavy atom. The molecule has 6 rings (SSSR count). The van der Waals surface area contributed by atoms with Gasteiger partial charge in [-0.05, 0) is 106 Å². The number of alkyl halides is 3. The van der Waals surface area contributed by atoms with Crippen molar-refractivity contribution in [1.82, 2.24) is 55.6 Å². The van der Waals surface area contributed by atoms with Gasteiger partial charge in [-0.15, -0.1) is 0 Å².